The Morgan fingerprint density at radius 3 is 2.57 bits per heavy atom. The topological polar surface area (TPSA) is 46.3 Å². The molecule has 2 rings (SSSR count). The highest BCUT2D eigenvalue weighted by Crippen LogP contribution is 2.26. The molecule has 0 aliphatic rings. The molecule has 2 aromatic carbocycles. The van der Waals surface area contributed by atoms with Gasteiger partial charge in [-0.25, -0.2) is 4.39 Å². The molecule has 0 bridgehead atoms. The van der Waals surface area contributed by atoms with Crippen molar-refractivity contribution in [3.63, 3.8) is 0 Å². The zero-order valence-electron chi connectivity index (χ0n) is 11.2. The van der Waals surface area contributed by atoms with E-state index in [4.69, 9.17) is 28.9 Å². The molecule has 110 valence electrons. The van der Waals surface area contributed by atoms with Crippen LogP contribution < -0.4 is 5.73 Å². The van der Waals surface area contributed by atoms with Gasteiger partial charge in [-0.2, -0.15) is 0 Å². The van der Waals surface area contributed by atoms with Crippen LogP contribution in [-0.2, 0) is 6.54 Å². The summed E-state index contributed by atoms with van der Waals surface area (Å²) in [4.78, 5) is 13.7. The van der Waals surface area contributed by atoms with E-state index in [0.717, 1.165) is 0 Å². The van der Waals surface area contributed by atoms with Gasteiger partial charge in [-0.15, -0.1) is 0 Å². The summed E-state index contributed by atoms with van der Waals surface area (Å²) in [7, 11) is 1.55. The Balaban J connectivity index is 2.26. The zero-order chi connectivity index (χ0) is 15.6. The predicted molar refractivity (Wildman–Crippen MR) is 83.1 cm³/mol. The van der Waals surface area contributed by atoms with Gasteiger partial charge in [0.2, 0.25) is 0 Å². The van der Waals surface area contributed by atoms with Gasteiger partial charge in [0.05, 0.1) is 16.3 Å². The molecule has 0 atom stereocenters. The molecule has 0 radical (unpaired) electrons. The van der Waals surface area contributed by atoms with Crippen LogP contribution in [0, 0.1) is 5.82 Å². The minimum absolute atomic E-state index is 0.0372. The van der Waals surface area contributed by atoms with E-state index in [0.29, 0.717) is 5.69 Å². The summed E-state index contributed by atoms with van der Waals surface area (Å²) in [6.45, 7) is 0.0372. The Morgan fingerprint density at radius 2 is 1.90 bits per heavy atom. The van der Waals surface area contributed by atoms with E-state index in [1.807, 2.05) is 0 Å². The van der Waals surface area contributed by atoms with Crippen LogP contribution in [0.3, 0.4) is 0 Å². The minimum atomic E-state index is -0.458. The van der Waals surface area contributed by atoms with Gasteiger partial charge in [0, 0.05) is 24.2 Å². The molecule has 3 nitrogen and oxygen atoms in total. The first-order valence-electron chi connectivity index (χ1n) is 6.14. The molecule has 0 saturated carbocycles. The molecule has 2 aromatic rings. The van der Waals surface area contributed by atoms with Crippen molar-refractivity contribution in [1.82, 2.24) is 4.90 Å². The van der Waals surface area contributed by atoms with Crippen LogP contribution in [0.1, 0.15) is 15.9 Å². The van der Waals surface area contributed by atoms with Crippen LogP contribution in [0.25, 0.3) is 0 Å². The van der Waals surface area contributed by atoms with Gasteiger partial charge in [-0.05, 0) is 24.3 Å². The first-order valence-corrected chi connectivity index (χ1v) is 6.89. The summed E-state index contributed by atoms with van der Waals surface area (Å²) in [5, 5.41) is 0.460. The van der Waals surface area contributed by atoms with Gasteiger partial charge in [0.15, 0.2) is 0 Å². The van der Waals surface area contributed by atoms with Crippen molar-refractivity contribution in [2.24, 2.45) is 0 Å². The molecule has 0 saturated heterocycles. The Kier molecular flexibility index (Phi) is 4.70. The summed E-state index contributed by atoms with van der Waals surface area (Å²) in [6.07, 6.45) is 0. The quantitative estimate of drug-likeness (QED) is 0.867. The maximum absolute atomic E-state index is 13.8. The third-order valence-electron chi connectivity index (χ3n) is 3.06. The monoisotopic (exact) mass is 326 g/mol. The second-order valence-electron chi connectivity index (χ2n) is 4.57. The van der Waals surface area contributed by atoms with E-state index in [9.17, 15) is 9.18 Å². The van der Waals surface area contributed by atoms with Crippen LogP contribution in [0.5, 0.6) is 0 Å². The fraction of sp³-hybridized carbons (Fsp3) is 0.133. The smallest absolute Gasteiger partial charge is 0.255 e. The Bertz CT molecular complexity index is 671. The molecule has 6 heteroatoms. The van der Waals surface area contributed by atoms with Gasteiger partial charge >= 0.3 is 0 Å². The number of nitrogen functional groups attached to an aromatic ring is 1. The number of halogens is 3. The van der Waals surface area contributed by atoms with E-state index >= 15 is 0 Å². The summed E-state index contributed by atoms with van der Waals surface area (Å²) in [6, 6.07) is 9.20. The molecule has 2 N–H and O–H groups in total. The molecule has 21 heavy (non-hydrogen) atoms. The standard InChI is InChI=1S/C15H13Cl2FN2O/c1-20(8-10-11(16)5-3-6-12(10)18)15(21)9-4-2-7-13(19)14(9)17/h2-7H,8,19H2,1H3. The van der Waals surface area contributed by atoms with Gasteiger partial charge in [-0.1, -0.05) is 35.3 Å². The lowest BCUT2D eigenvalue weighted by Crippen LogP contribution is -2.27. The number of nitrogens with two attached hydrogens (primary N) is 1. The summed E-state index contributed by atoms with van der Waals surface area (Å²) < 4.78 is 13.8. The zero-order valence-corrected chi connectivity index (χ0v) is 12.7. The maximum atomic E-state index is 13.8. The molecule has 0 aliphatic heterocycles. The minimum Gasteiger partial charge on any atom is -0.398 e. The van der Waals surface area contributed by atoms with Gasteiger partial charge < -0.3 is 10.6 Å². The molecular formula is C15H13Cl2FN2O. The molecule has 1 amide bonds. The number of benzene rings is 2. The van der Waals surface area contributed by atoms with E-state index in [-0.39, 0.29) is 33.6 Å². The molecular weight excluding hydrogens is 314 g/mol. The highest BCUT2D eigenvalue weighted by molar-refractivity contribution is 6.36. The lowest BCUT2D eigenvalue weighted by Gasteiger charge is -2.19. The van der Waals surface area contributed by atoms with Crippen LogP contribution >= 0.6 is 23.2 Å². The second-order valence-corrected chi connectivity index (χ2v) is 5.36. The summed E-state index contributed by atoms with van der Waals surface area (Å²) >= 11 is 12.0. The normalized spacial score (nSPS) is 10.5. The number of carbonyl (C=O) groups is 1. The predicted octanol–water partition coefficient (Wildman–Crippen LogP) is 3.99. The van der Waals surface area contributed by atoms with Crippen molar-refractivity contribution in [2.45, 2.75) is 6.54 Å². The van der Waals surface area contributed by atoms with Crippen molar-refractivity contribution >= 4 is 34.8 Å². The van der Waals surface area contributed by atoms with E-state index < -0.39 is 5.82 Å². The first kappa shape index (κ1) is 15.6. The van der Waals surface area contributed by atoms with Crippen LogP contribution in [0.4, 0.5) is 10.1 Å². The maximum Gasteiger partial charge on any atom is 0.255 e. The Labute approximate surface area is 132 Å². The lowest BCUT2D eigenvalue weighted by molar-refractivity contribution is 0.0784. The van der Waals surface area contributed by atoms with Crippen molar-refractivity contribution in [2.75, 3.05) is 12.8 Å². The van der Waals surface area contributed by atoms with Crippen LogP contribution in [0.15, 0.2) is 36.4 Å². The Morgan fingerprint density at radius 1 is 1.24 bits per heavy atom. The first-order chi connectivity index (χ1) is 9.91. The number of hydrogen-bond donors (Lipinski definition) is 1. The van der Waals surface area contributed by atoms with Gasteiger partial charge in [0.1, 0.15) is 5.82 Å². The molecule has 0 aliphatic carbocycles. The lowest BCUT2D eigenvalue weighted by atomic mass is 10.1. The summed E-state index contributed by atoms with van der Waals surface area (Å²) in [5.74, 6) is -0.813. The number of hydrogen-bond acceptors (Lipinski definition) is 2. The van der Waals surface area contributed by atoms with Crippen molar-refractivity contribution in [1.29, 1.82) is 0 Å². The Hall–Kier alpha value is -1.78. The van der Waals surface area contributed by atoms with Crippen molar-refractivity contribution < 1.29 is 9.18 Å². The number of carbonyl (C=O) groups excluding carboxylic acids is 1. The molecule has 0 fully saturated rings. The van der Waals surface area contributed by atoms with Crippen LogP contribution in [-0.4, -0.2) is 17.9 Å². The second kappa shape index (κ2) is 6.33. The van der Waals surface area contributed by atoms with E-state index in [2.05, 4.69) is 0 Å². The fourth-order valence-electron chi connectivity index (χ4n) is 1.91. The van der Waals surface area contributed by atoms with Crippen molar-refractivity contribution in [3.05, 3.63) is 63.4 Å². The van der Waals surface area contributed by atoms with Gasteiger partial charge in [-0.3, -0.25) is 4.79 Å². The third kappa shape index (κ3) is 3.28. The number of rotatable bonds is 3. The van der Waals surface area contributed by atoms with E-state index in [1.54, 1.807) is 31.3 Å². The van der Waals surface area contributed by atoms with E-state index in [1.165, 1.54) is 17.0 Å². The number of amides is 1. The highest BCUT2D eigenvalue weighted by atomic mass is 35.5. The SMILES string of the molecule is CN(Cc1c(F)cccc1Cl)C(=O)c1cccc(N)c1Cl. The summed E-state index contributed by atoms with van der Waals surface area (Å²) in [5.41, 5.74) is 6.52. The largest absolute Gasteiger partial charge is 0.398 e. The van der Waals surface area contributed by atoms with Gasteiger partial charge in [0.25, 0.3) is 5.91 Å². The highest BCUT2D eigenvalue weighted by Gasteiger charge is 2.18. The fourth-order valence-corrected chi connectivity index (χ4v) is 2.34. The third-order valence-corrected chi connectivity index (χ3v) is 3.84. The molecule has 0 spiro atoms. The average Bonchev–Trinajstić information content (AvgIpc) is 2.45. The molecule has 0 unspecified atom stereocenters. The average molecular weight is 327 g/mol. The number of nitrogens with zero attached hydrogens (tertiary/aromatic N) is 1. The number of anilines is 1. The van der Waals surface area contributed by atoms with Crippen molar-refractivity contribution in [3.8, 4) is 0 Å². The van der Waals surface area contributed by atoms with Crippen LogP contribution in [0.2, 0.25) is 10.0 Å². The molecule has 0 heterocycles. The molecule has 0 aromatic heterocycles.